The number of hydrogen-bond acceptors (Lipinski definition) is 6. The number of fused-ring (bicyclic) bond motifs is 4. The molecule has 0 atom stereocenters. The van der Waals surface area contributed by atoms with Gasteiger partial charge < -0.3 is 9.67 Å². The van der Waals surface area contributed by atoms with Crippen molar-refractivity contribution in [1.29, 1.82) is 0 Å². The molecule has 0 unspecified atom stereocenters. The SMILES string of the molecule is Cc1ccc(Cn2c(=O)c3ccccc3n3c(SCc4nc5ccc(Cl)cc5n4CCO)nnc23)cc1. The Morgan fingerprint density at radius 2 is 1.78 bits per heavy atom. The zero-order valence-electron chi connectivity index (χ0n) is 20.0. The standard InChI is InChI=1S/C27H23ClN6O2S/c1-17-6-8-18(9-7-17)15-33-25(36)20-4-2-3-5-22(20)34-26(33)30-31-27(34)37-16-24-29-21-11-10-19(28)14-23(21)32(24)12-13-35/h2-11,14,35H,12-13,15-16H2,1H3. The van der Waals surface area contributed by atoms with E-state index in [0.29, 0.717) is 40.2 Å². The van der Waals surface area contributed by atoms with Gasteiger partial charge in [-0.3, -0.25) is 13.8 Å². The predicted molar refractivity (Wildman–Crippen MR) is 146 cm³/mol. The van der Waals surface area contributed by atoms with E-state index in [1.165, 1.54) is 11.8 Å². The van der Waals surface area contributed by atoms with Gasteiger partial charge in [0.15, 0.2) is 5.16 Å². The molecule has 6 aromatic rings. The van der Waals surface area contributed by atoms with Gasteiger partial charge in [-0.15, -0.1) is 10.2 Å². The van der Waals surface area contributed by atoms with Crippen LogP contribution in [0.15, 0.2) is 76.7 Å². The van der Waals surface area contributed by atoms with Gasteiger partial charge >= 0.3 is 0 Å². The molecule has 8 nitrogen and oxygen atoms in total. The van der Waals surface area contributed by atoms with Crippen molar-refractivity contribution in [1.82, 2.24) is 28.7 Å². The summed E-state index contributed by atoms with van der Waals surface area (Å²) in [6.07, 6.45) is 0. The second-order valence-electron chi connectivity index (χ2n) is 8.84. The van der Waals surface area contributed by atoms with Crippen LogP contribution in [-0.2, 0) is 18.8 Å². The van der Waals surface area contributed by atoms with E-state index in [1.807, 2.05) is 82.6 Å². The molecule has 3 heterocycles. The maximum absolute atomic E-state index is 13.5. The van der Waals surface area contributed by atoms with Crippen LogP contribution in [0.25, 0.3) is 27.7 Å². The maximum Gasteiger partial charge on any atom is 0.263 e. The minimum Gasteiger partial charge on any atom is -0.395 e. The number of rotatable bonds is 7. The van der Waals surface area contributed by atoms with Crippen molar-refractivity contribution in [2.45, 2.75) is 30.9 Å². The zero-order chi connectivity index (χ0) is 25.5. The first-order valence-corrected chi connectivity index (χ1v) is 13.2. The molecule has 0 saturated heterocycles. The summed E-state index contributed by atoms with van der Waals surface area (Å²) in [5, 5.41) is 20.4. The molecule has 0 saturated carbocycles. The second-order valence-corrected chi connectivity index (χ2v) is 10.2. The average Bonchev–Trinajstić information content (AvgIpc) is 3.48. The first kappa shape index (κ1) is 23.7. The van der Waals surface area contributed by atoms with Crippen LogP contribution >= 0.6 is 23.4 Å². The molecule has 186 valence electrons. The Labute approximate surface area is 221 Å². The van der Waals surface area contributed by atoms with E-state index in [2.05, 4.69) is 10.2 Å². The molecule has 0 aliphatic rings. The van der Waals surface area contributed by atoms with Gasteiger partial charge in [-0.1, -0.05) is 65.3 Å². The minimum atomic E-state index is -0.103. The van der Waals surface area contributed by atoms with Crippen LogP contribution in [0.3, 0.4) is 0 Å². The molecular formula is C27H23ClN6O2S. The van der Waals surface area contributed by atoms with Gasteiger partial charge in [-0.05, 0) is 42.8 Å². The summed E-state index contributed by atoms with van der Waals surface area (Å²) in [4.78, 5) is 18.2. The van der Waals surface area contributed by atoms with Gasteiger partial charge in [0.05, 0.1) is 40.8 Å². The quantitative estimate of drug-likeness (QED) is 0.301. The fourth-order valence-electron chi connectivity index (χ4n) is 4.58. The van der Waals surface area contributed by atoms with E-state index in [0.717, 1.165) is 33.5 Å². The number of aliphatic hydroxyl groups is 1. The van der Waals surface area contributed by atoms with Crippen molar-refractivity contribution in [3.05, 3.63) is 99.1 Å². The Hall–Kier alpha value is -3.66. The smallest absolute Gasteiger partial charge is 0.263 e. The number of halogens is 1. The lowest BCUT2D eigenvalue weighted by Gasteiger charge is -2.12. The van der Waals surface area contributed by atoms with Crippen molar-refractivity contribution in [3.63, 3.8) is 0 Å². The van der Waals surface area contributed by atoms with E-state index < -0.39 is 0 Å². The van der Waals surface area contributed by atoms with Crippen molar-refractivity contribution in [3.8, 4) is 0 Å². The highest BCUT2D eigenvalue weighted by Crippen LogP contribution is 2.27. The Bertz CT molecular complexity index is 1820. The largest absolute Gasteiger partial charge is 0.395 e. The lowest BCUT2D eigenvalue weighted by molar-refractivity contribution is 0.276. The molecule has 0 radical (unpaired) electrons. The van der Waals surface area contributed by atoms with E-state index in [-0.39, 0.29) is 12.2 Å². The van der Waals surface area contributed by atoms with Crippen molar-refractivity contribution in [2.75, 3.05) is 6.61 Å². The number of hydrogen-bond donors (Lipinski definition) is 1. The number of nitrogens with zero attached hydrogens (tertiary/aromatic N) is 6. The van der Waals surface area contributed by atoms with E-state index in [9.17, 15) is 9.90 Å². The van der Waals surface area contributed by atoms with Crippen LogP contribution in [0, 0.1) is 6.92 Å². The highest BCUT2D eigenvalue weighted by molar-refractivity contribution is 7.98. The Morgan fingerprint density at radius 3 is 2.59 bits per heavy atom. The van der Waals surface area contributed by atoms with Crippen molar-refractivity contribution >= 4 is 51.1 Å². The Morgan fingerprint density at radius 1 is 0.973 bits per heavy atom. The van der Waals surface area contributed by atoms with Gasteiger partial charge in [0.25, 0.3) is 5.56 Å². The summed E-state index contributed by atoms with van der Waals surface area (Å²) in [5.74, 6) is 1.78. The third-order valence-electron chi connectivity index (χ3n) is 6.38. The average molecular weight is 531 g/mol. The number of benzene rings is 3. The van der Waals surface area contributed by atoms with E-state index in [1.54, 1.807) is 4.57 Å². The van der Waals surface area contributed by atoms with Crippen LogP contribution < -0.4 is 5.56 Å². The molecule has 0 bridgehead atoms. The normalized spacial score (nSPS) is 11.8. The molecular weight excluding hydrogens is 508 g/mol. The molecule has 6 rings (SSSR count). The fourth-order valence-corrected chi connectivity index (χ4v) is 5.63. The van der Waals surface area contributed by atoms with Gasteiger partial charge in [-0.25, -0.2) is 4.98 Å². The summed E-state index contributed by atoms with van der Waals surface area (Å²) in [6.45, 7) is 2.82. The number of para-hydroxylation sites is 1. The van der Waals surface area contributed by atoms with Crippen molar-refractivity contribution in [2.24, 2.45) is 0 Å². The number of imidazole rings is 1. The number of aliphatic hydroxyl groups excluding tert-OH is 1. The minimum absolute atomic E-state index is 0.0145. The van der Waals surface area contributed by atoms with Crippen LogP contribution in [0.1, 0.15) is 17.0 Å². The van der Waals surface area contributed by atoms with Gasteiger partial charge in [0.2, 0.25) is 5.78 Å². The molecule has 0 aliphatic heterocycles. The Kier molecular flexibility index (Phi) is 6.19. The summed E-state index contributed by atoms with van der Waals surface area (Å²) >= 11 is 7.70. The monoisotopic (exact) mass is 530 g/mol. The predicted octanol–water partition coefficient (Wildman–Crippen LogP) is 4.69. The topological polar surface area (TPSA) is 90.2 Å². The van der Waals surface area contributed by atoms with Crippen LogP contribution in [-0.4, -0.2) is 40.4 Å². The summed E-state index contributed by atoms with van der Waals surface area (Å²) in [5.41, 5.74) is 4.52. The molecule has 0 spiro atoms. The number of aryl methyl sites for hydroxylation is 1. The van der Waals surface area contributed by atoms with Gasteiger partial charge in [-0.2, -0.15) is 0 Å². The Balaban J connectivity index is 1.44. The third-order valence-corrected chi connectivity index (χ3v) is 7.54. The molecule has 0 fully saturated rings. The molecule has 0 amide bonds. The summed E-state index contributed by atoms with van der Waals surface area (Å²) < 4.78 is 5.58. The maximum atomic E-state index is 13.5. The van der Waals surface area contributed by atoms with Gasteiger partial charge in [0, 0.05) is 11.6 Å². The molecule has 37 heavy (non-hydrogen) atoms. The molecule has 1 N–H and O–H groups in total. The first-order valence-electron chi connectivity index (χ1n) is 11.8. The molecule has 0 aliphatic carbocycles. The number of aromatic nitrogens is 6. The molecule has 3 aromatic heterocycles. The summed E-state index contributed by atoms with van der Waals surface area (Å²) in [6, 6.07) is 21.2. The van der Waals surface area contributed by atoms with Gasteiger partial charge in [0.1, 0.15) is 5.82 Å². The lowest BCUT2D eigenvalue weighted by Crippen LogP contribution is -2.24. The fraction of sp³-hybridized carbons (Fsp3) is 0.185. The highest BCUT2D eigenvalue weighted by atomic mass is 35.5. The molecule has 10 heteroatoms. The molecule has 3 aromatic carbocycles. The summed E-state index contributed by atoms with van der Waals surface area (Å²) in [7, 11) is 0. The van der Waals surface area contributed by atoms with E-state index in [4.69, 9.17) is 16.6 Å². The van der Waals surface area contributed by atoms with Crippen LogP contribution in [0.2, 0.25) is 5.02 Å². The zero-order valence-corrected chi connectivity index (χ0v) is 21.6. The van der Waals surface area contributed by atoms with E-state index >= 15 is 0 Å². The number of thioether (sulfide) groups is 1. The van der Waals surface area contributed by atoms with Crippen LogP contribution in [0.4, 0.5) is 0 Å². The lowest BCUT2D eigenvalue weighted by atomic mass is 10.1. The third kappa shape index (κ3) is 4.29. The van der Waals surface area contributed by atoms with Crippen LogP contribution in [0.5, 0.6) is 0 Å². The highest BCUT2D eigenvalue weighted by Gasteiger charge is 2.19. The second kappa shape index (κ2) is 9.66. The first-order chi connectivity index (χ1) is 18.0. The van der Waals surface area contributed by atoms with Crippen molar-refractivity contribution < 1.29 is 5.11 Å².